The zero-order chi connectivity index (χ0) is 17.8. The van der Waals surface area contributed by atoms with Crippen LogP contribution in [0.5, 0.6) is 5.75 Å². The van der Waals surface area contributed by atoms with Gasteiger partial charge in [0.25, 0.3) is 0 Å². The minimum Gasteiger partial charge on any atom is -0.496 e. The molecule has 9 heteroatoms. The van der Waals surface area contributed by atoms with Gasteiger partial charge in [-0.15, -0.1) is 10.2 Å². The summed E-state index contributed by atoms with van der Waals surface area (Å²) in [7, 11) is 1.58. The fourth-order valence-electron chi connectivity index (χ4n) is 2.74. The summed E-state index contributed by atoms with van der Waals surface area (Å²) in [6.07, 6.45) is 1.27. The average molecular weight is 362 g/mol. The van der Waals surface area contributed by atoms with Crippen LogP contribution in [0, 0.1) is 5.92 Å². The van der Waals surface area contributed by atoms with E-state index >= 15 is 0 Å². The van der Waals surface area contributed by atoms with Crippen molar-refractivity contribution in [2.45, 2.75) is 12.8 Å². The molecule has 1 fully saturated rings. The van der Waals surface area contributed by atoms with Crippen molar-refractivity contribution in [1.29, 1.82) is 0 Å². The summed E-state index contributed by atoms with van der Waals surface area (Å²) in [5.41, 5.74) is 0.798. The molecule has 1 saturated heterocycles. The van der Waals surface area contributed by atoms with E-state index in [0.29, 0.717) is 35.3 Å². The predicted octanol–water partition coefficient (Wildman–Crippen LogP) is 2.54. The third-order valence-electron chi connectivity index (χ3n) is 4.03. The Balaban J connectivity index is 1.69. The van der Waals surface area contributed by atoms with Crippen molar-refractivity contribution in [3.63, 3.8) is 0 Å². The highest BCUT2D eigenvalue weighted by Gasteiger charge is 2.28. The molecule has 8 nitrogen and oxygen atoms in total. The number of aliphatic carboxylic acids is 1. The Kier molecular flexibility index (Phi) is 5.13. The van der Waals surface area contributed by atoms with Crippen molar-refractivity contribution in [2.75, 3.05) is 25.5 Å². The van der Waals surface area contributed by atoms with Crippen molar-refractivity contribution >= 4 is 28.5 Å². The summed E-state index contributed by atoms with van der Waals surface area (Å²) in [5.74, 6) is -0.707. The summed E-state index contributed by atoms with van der Waals surface area (Å²) < 4.78 is 5.31. The lowest BCUT2D eigenvalue weighted by molar-refractivity contribution is -0.143. The van der Waals surface area contributed by atoms with Crippen molar-refractivity contribution in [3.05, 3.63) is 24.3 Å². The number of ether oxygens (including phenoxy) is 1. The Labute approximate surface area is 148 Å². The number of hydrogen-bond donors (Lipinski definition) is 2. The van der Waals surface area contributed by atoms with Crippen LogP contribution < -0.4 is 10.1 Å². The number of methoxy groups -OCH3 is 1. The fraction of sp³-hybridized carbons (Fsp3) is 0.375. The molecule has 1 aliphatic rings. The molecule has 1 unspecified atom stereocenters. The normalized spacial score (nSPS) is 17.2. The number of carbonyl (C=O) groups excluding carboxylic acids is 1. The molecular weight excluding hydrogens is 344 g/mol. The molecule has 2 amide bonds. The third-order valence-corrected chi connectivity index (χ3v) is 4.91. The summed E-state index contributed by atoms with van der Waals surface area (Å²) in [6.45, 7) is 0.743. The van der Waals surface area contributed by atoms with Gasteiger partial charge in [0.2, 0.25) is 5.13 Å². The molecule has 25 heavy (non-hydrogen) atoms. The monoisotopic (exact) mass is 362 g/mol. The zero-order valence-corrected chi connectivity index (χ0v) is 14.5. The summed E-state index contributed by atoms with van der Waals surface area (Å²) >= 11 is 1.24. The van der Waals surface area contributed by atoms with E-state index in [4.69, 9.17) is 9.84 Å². The number of anilines is 1. The summed E-state index contributed by atoms with van der Waals surface area (Å²) in [4.78, 5) is 25.0. The maximum absolute atomic E-state index is 12.3. The molecule has 1 aliphatic heterocycles. The van der Waals surface area contributed by atoms with Gasteiger partial charge in [0.05, 0.1) is 18.6 Å². The van der Waals surface area contributed by atoms with Crippen molar-refractivity contribution in [1.82, 2.24) is 15.1 Å². The number of carbonyl (C=O) groups is 2. The van der Waals surface area contributed by atoms with Gasteiger partial charge in [0.15, 0.2) is 5.01 Å². The van der Waals surface area contributed by atoms with E-state index in [9.17, 15) is 9.59 Å². The van der Waals surface area contributed by atoms with E-state index in [1.54, 1.807) is 7.11 Å². The average Bonchev–Trinajstić information content (AvgIpc) is 3.10. The van der Waals surface area contributed by atoms with Crippen LogP contribution in [0.1, 0.15) is 12.8 Å². The first kappa shape index (κ1) is 17.2. The SMILES string of the molecule is COc1ccccc1-c1nnc(NC(=O)N2CCCC(C(=O)O)C2)s1. The first-order chi connectivity index (χ1) is 12.1. The standard InChI is InChI=1S/C16H18N4O4S/c1-24-12-7-3-2-6-11(12)13-18-19-15(25-13)17-16(23)20-8-4-5-10(9-20)14(21)22/h2-3,6-7,10H,4-5,8-9H2,1H3,(H,21,22)(H,17,19,23). The van der Waals surface area contributed by atoms with E-state index in [1.807, 2.05) is 24.3 Å². The molecule has 0 saturated carbocycles. The first-order valence-corrected chi connectivity index (χ1v) is 8.65. The van der Waals surface area contributed by atoms with Crippen molar-refractivity contribution < 1.29 is 19.4 Å². The van der Waals surface area contributed by atoms with Gasteiger partial charge in [-0.25, -0.2) is 4.79 Å². The number of carboxylic acid groups (broad SMARTS) is 1. The van der Waals surface area contributed by atoms with Gasteiger partial charge in [0, 0.05) is 13.1 Å². The maximum atomic E-state index is 12.3. The second-order valence-electron chi connectivity index (χ2n) is 5.67. The number of para-hydroxylation sites is 1. The van der Waals surface area contributed by atoms with Crippen molar-refractivity contribution in [2.24, 2.45) is 5.92 Å². The largest absolute Gasteiger partial charge is 0.496 e. The van der Waals surface area contributed by atoms with Gasteiger partial charge in [-0.05, 0) is 25.0 Å². The van der Waals surface area contributed by atoms with Gasteiger partial charge in [-0.1, -0.05) is 23.5 Å². The molecule has 0 radical (unpaired) electrons. The number of rotatable bonds is 4. The molecule has 2 N–H and O–H groups in total. The third kappa shape index (κ3) is 3.87. The number of amides is 2. The zero-order valence-electron chi connectivity index (χ0n) is 13.6. The van der Waals surface area contributed by atoms with Gasteiger partial charge in [-0.3, -0.25) is 10.1 Å². The highest BCUT2D eigenvalue weighted by molar-refractivity contribution is 7.18. The lowest BCUT2D eigenvalue weighted by Crippen LogP contribution is -2.44. The number of hydrogen-bond acceptors (Lipinski definition) is 6. The van der Waals surface area contributed by atoms with Crippen LogP contribution in [0.2, 0.25) is 0 Å². The highest BCUT2D eigenvalue weighted by atomic mass is 32.1. The lowest BCUT2D eigenvalue weighted by Gasteiger charge is -2.30. The molecule has 132 valence electrons. The van der Waals surface area contributed by atoms with Crippen LogP contribution in [0.4, 0.5) is 9.93 Å². The first-order valence-electron chi connectivity index (χ1n) is 7.84. The smallest absolute Gasteiger partial charge is 0.323 e. The van der Waals surface area contributed by atoms with Gasteiger partial charge in [-0.2, -0.15) is 0 Å². The second-order valence-corrected chi connectivity index (χ2v) is 6.64. The van der Waals surface area contributed by atoms with E-state index in [-0.39, 0.29) is 12.6 Å². The van der Waals surface area contributed by atoms with E-state index < -0.39 is 11.9 Å². The summed E-state index contributed by atoms with van der Waals surface area (Å²) in [5, 5.41) is 20.9. The van der Waals surface area contributed by atoms with Crippen LogP contribution in [0.25, 0.3) is 10.6 Å². The molecular formula is C16H18N4O4S. The number of benzene rings is 1. The number of piperidine rings is 1. The number of nitrogens with zero attached hydrogens (tertiary/aromatic N) is 3. The molecule has 1 aromatic carbocycles. The van der Waals surface area contributed by atoms with Crippen LogP contribution >= 0.6 is 11.3 Å². The van der Waals surface area contributed by atoms with Crippen LogP contribution in [-0.2, 0) is 4.79 Å². The molecule has 0 spiro atoms. The predicted molar refractivity (Wildman–Crippen MR) is 92.8 cm³/mol. The Morgan fingerprint density at radius 3 is 2.92 bits per heavy atom. The topological polar surface area (TPSA) is 105 Å². The number of carboxylic acids is 1. The Bertz CT molecular complexity index is 779. The van der Waals surface area contributed by atoms with Crippen molar-refractivity contribution in [3.8, 4) is 16.3 Å². The van der Waals surface area contributed by atoms with Gasteiger partial charge >= 0.3 is 12.0 Å². The quantitative estimate of drug-likeness (QED) is 0.866. The minimum absolute atomic E-state index is 0.208. The maximum Gasteiger partial charge on any atom is 0.323 e. The molecule has 0 bridgehead atoms. The minimum atomic E-state index is -0.869. The van der Waals surface area contributed by atoms with E-state index in [1.165, 1.54) is 16.2 Å². The van der Waals surface area contributed by atoms with E-state index in [2.05, 4.69) is 15.5 Å². The number of urea groups is 1. The van der Waals surface area contributed by atoms with Crippen LogP contribution in [0.15, 0.2) is 24.3 Å². The molecule has 1 atom stereocenters. The number of likely N-dealkylation sites (tertiary alicyclic amines) is 1. The summed E-state index contributed by atoms with van der Waals surface area (Å²) in [6, 6.07) is 7.08. The molecule has 2 heterocycles. The molecule has 2 aromatic rings. The number of aromatic nitrogens is 2. The molecule has 1 aromatic heterocycles. The number of nitrogens with one attached hydrogen (secondary N) is 1. The van der Waals surface area contributed by atoms with Gasteiger partial charge < -0.3 is 14.7 Å². The second kappa shape index (κ2) is 7.47. The van der Waals surface area contributed by atoms with E-state index in [0.717, 1.165) is 5.56 Å². The Hall–Kier alpha value is -2.68. The van der Waals surface area contributed by atoms with Crippen LogP contribution in [0.3, 0.4) is 0 Å². The van der Waals surface area contributed by atoms with Crippen LogP contribution in [-0.4, -0.2) is 52.4 Å². The van der Waals surface area contributed by atoms with Gasteiger partial charge in [0.1, 0.15) is 5.75 Å². The Morgan fingerprint density at radius 2 is 2.16 bits per heavy atom. The lowest BCUT2D eigenvalue weighted by atomic mass is 9.99. The Morgan fingerprint density at radius 1 is 1.36 bits per heavy atom. The fourth-order valence-corrected chi connectivity index (χ4v) is 3.50. The molecule has 0 aliphatic carbocycles. The molecule has 3 rings (SSSR count). The highest BCUT2D eigenvalue weighted by Crippen LogP contribution is 2.33.